The van der Waals surface area contributed by atoms with Gasteiger partial charge in [-0.3, -0.25) is 5.32 Å². The fraction of sp³-hybridized carbons (Fsp3) is 0.412. The number of rotatable bonds is 8. The molecule has 0 aliphatic carbocycles. The molecule has 3 N–H and O–H groups in total. The summed E-state index contributed by atoms with van der Waals surface area (Å²) in [7, 11) is -3.28. The van der Waals surface area contributed by atoms with E-state index in [1.165, 1.54) is 17.5 Å². The van der Waals surface area contributed by atoms with Crippen LogP contribution in [-0.2, 0) is 16.6 Å². The van der Waals surface area contributed by atoms with Crippen molar-refractivity contribution in [2.75, 3.05) is 23.5 Å². The summed E-state index contributed by atoms with van der Waals surface area (Å²) >= 11 is 1.19. The van der Waals surface area contributed by atoms with E-state index < -0.39 is 16.1 Å². The summed E-state index contributed by atoms with van der Waals surface area (Å²) in [6.07, 6.45) is 2.60. The van der Waals surface area contributed by atoms with Crippen LogP contribution >= 0.6 is 11.3 Å². The van der Waals surface area contributed by atoms with Crippen LogP contribution in [0.15, 0.2) is 24.4 Å². The Bertz CT molecular complexity index is 894. The number of nitrogens with one attached hydrogen (secondary N) is 3. The molecule has 0 radical (unpaired) electrons. The van der Waals surface area contributed by atoms with E-state index in [0.29, 0.717) is 34.0 Å². The molecule has 0 aliphatic rings. The maximum absolute atomic E-state index is 12.3. The lowest BCUT2D eigenvalue weighted by atomic mass is 10.2. The number of amides is 2. The minimum Gasteiger partial charge on any atom is -0.491 e. The van der Waals surface area contributed by atoms with E-state index in [9.17, 15) is 13.2 Å². The molecule has 2 amide bonds. The molecule has 10 heteroatoms. The molecule has 0 fully saturated rings. The van der Waals surface area contributed by atoms with Gasteiger partial charge in [0.1, 0.15) is 5.75 Å². The average molecular weight is 413 g/mol. The highest BCUT2D eigenvalue weighted by Crippen LogP contribution is 2.27. The summed E-state index contributed by atoms with van der Waals surface area (Å²) < 4.78 is 30.4. The molecule has 148 valence electrons. The van der Waals surface area contributed by atoms with Crippen molar-refractivity contribution in [2.45, 2.75) is 27.3 Å². The van der Waals surface area contributed by atoms with Gasteiger partial charge in [0.25, 0.3) is 0 Å². The second-order valence-electron chi connectivity index (χ2n) is 6.51. The van der Waals surface area contributed by atoms with Crippen LogP contribution in [0.4, 0.5) is 15.6 Å². The number of urea groups is 1. The molecule has 0 spiro atoms. The minimum absolute atomic E-state index is 0.130. The number of thiazole rings is 1. The van der Waals surface area contributed by atoms with E-state index >= 15 is 0 Å². The van der Waals surface area contributed by atoms with E-state index in [0.717, 1.165) is 11.8 Å². The molecule has 2 aromatic rings. The van der Waals surface area contributed by atoms with Crippen molar-refractivity contribution >= 4 is 38.2 Å². The predicted molar refractivity (Wildman–Crippen MR) is 108 cm³/mol. The van der Waals surface area contributed by atoms with Gasteiger partial charge in [0.15, 0.2) is 5.13 Å². The molecule has 27 heavy (non-hydrogen) atoms. The van der Waals surface area contributed by atoms with Crippen molar-refractivity contribution in [1.82, 2.24) is 9.71 Å². The predicted octanol–water partition coefficient (Wildman–Crippen LogP) is 3.18. The summed E-state index contributed by atoms with van der Waals surface area (Å²) in [5, 5.41) is 5.76. The van der Waals surface area contributed by atoms with Gasteiger partial charge in [-0.2, -0.15) is 0 Å². The van der Waals surface area contributed by atoms with Crippen molar-refractivity contribution in [3.05, 3.63) is 34.8 Å². The van der Waals surface area contributed by atoms with Gasteiger partial charge in [-0.05, 0) is 30.5 Å². The van der Waals surface area contributed by atoms with Crippen molar-refractivity contribution < 1.29 is 17.9 Å². The number of aromatic nitrogens is 1. The fourth-order valence-electron chi connectivity index (χ4n) is 2.01. The third-order valence-corrected chi connectivity index (χ3v) is 4.82. The third kappa shape index (κ3) is 7.53. The van der Waals surface area contributed by atoms with Crippen LogP contribution in [0.25, 0.3) is 0 Å². The number of hydrogen-bond donors (Lipinski definition) is 3. The molecular formula is C17H24N4O4S2. The topological polar surface area (TPSA) is 109 Å². The maximum atomic E-state index is 12.3. The number of ether oxygens (including phenoxy) is 1. The van der Waals surface area contributed by atoms with Crippen molar-refractivity contribution in [3.8, 4) is 5.75 Å². The van der Waals surface area contributed by atoms with Gasteiger partial charge in [0, 0.05) is 17.6 Å². The number of sulfonamides is 1. The van der Waals surface area contributed by atoms with Crippen molar-refractivity contribution in [1.29, 1.82) is 0 Å². The van der Waals surface area contributed by atoms with E-state index in [2.05, 4.69) is 20.3 Å². The largest absolute Gasteiger partial charge is 0.491 e. The van der Waals surface area contributed by atoms with Crippen LogP contribution in [-0.4, -0.2) is 32.3 Å². The molecule has 1 heterocycles. The van der Waals surface area contributed by atoms with Gasteiger partial charge in [-0.1, -0.05) is 19.9 Å². The van der Waals surface area contributed by atoms with Gasteiger partial charge in [0.2, 0.25) is 10.0 Å². The molecule has 2 rings (SSSR count). The number of hydrogen-bond acceptors (Lipinski definition) is 6. The number of aryl methyl sites for hydroxylation is 1. The van der Waals surface area contributed by atoms with Gasteiger partial charge < -0.3 is 10.1 Å². The Morgan fingerprint density at radius 2 is 2.04 bits per heavy atom. The minimum atomic E-state index is -3.28. The smallest absolute Gasteiger partial charge is 0.325 e. The zero-order chi connectivity index (χ0) is 20.0. The molecule has 0 saturated carbocycles. The first-order chi connectivity index (χ1) is 12.6. The summed E-state index contributed by atoms with van der Waals surface area (Å²) in [4.78, 5) is 17.0. The van der Waals surface area contributed by atoms with Crippen LogP contribution in [0.2, 0.25) is 0 Å². The fourth-order valence-corrected chi connectivity index (χ4v) is 3.26. The van der Waals surface area contributed by atoms with Crippen LogP contribution in [0.3, 0.4) is 0 Å². The standard InChI is InChI=1S/C17H24N4O4S2/c1-11(2)10-25-15-7-12(3)5-6-14(15)20-16(22)21-17-18-8-13(26-17)9-19-27(4,23)24/h5-8,11,19H,9-10H2,1-4H3,(H2,18,20,21,22). The van der Waals surface area contributed by atoms with E-state index in [-0.39, 0.29) is 6.54 Å². The molecule has 0 saturated heterocycles. The lowest BCUT2D eigenvalue weighted by molar-refractivity contribution is 0.260. The Kier molecular flexibility index (Phi) is 7.17. The SMILES string of the molecule is Cc1ccc(NC(=O)Nc2ncc(CNS(C)(=O)=O)s2)c(OCC(C)C)c1. The quantitative estimate of drug-likeness (QED) is 0.617. The molecular weight excluding hydrogens is 388 g/mol. The lowest BCUT2D eigenvalue weighted by Gasteiger charge is -2.14. The first-order valence-electron chi connectivity index (χ1n) is 8.33. The van der Waals surface area contributed by atoms with Crippen LogP contribution in [0.1, 0.15) is 24.3 Å². The van der Waals surface area contributed by atoms with Crippen LogP contribution < -0.4 is 20.1 Å². The highest BCUT2D eigenvalue weighted by molar-refractivity contribution is 7.88. The third-order valence-electron chi connectivity index (χ3n) is 3.24. The second-order valence-corrected chi connectivity index (χ2v) is 9.46. The number of nitrogens with zero attached hydrogens (tertiary/aromatic N) is 1. The van der Waals surface area contributed by atoms with Crippen molar-refractivity contribution in [3.63, 3.8) is 0 Å². The first-order valence-corrected chi connectivity index (χ1v) is 11.0. The number of anilines is 2. The zero-order valence-corrected chi connectivity index (χ0v) is 17.3. The zero-order valence-electron chi connectivity index (χ0n) is 15.7. The second kappa shape index (κ2) is 9.16. The van der Waals surface area contributed by atoms with Gasteiger partial charge in [0.05, 0.1) is 18.6 Å². The van der Waals surface area contributed by atoms with Crippen LogP contribution in [0, 0.1) is 12.8 Å². The van der Waals surface area contributed by atoms with Crippen LogP contribution in [0.5, 0.6) is 5.75 Å². The van der Waals surface area contributed by atoms with Crippen molar-refractivity contribution in [2.24, 2.45) is 5.92 Å². The van der Waals surface area contributed by atoms with Gasteiger partial charge in [-0.25, -0.2) is 22.9 Å². The summed E-state index contributed by atoms with van der Waals surface area (Å²) in [6.45, 7) is 6.73. The Morgan fingerprint density at radius 3 is 2.70 bits per heavy atom. The monoisotopic (exact) mass is 412 g/mol. The molecule has 0 bridgehead atoms. The number of carbonyl (C=O) groups is 1. The molecule has 1 aromatic heterocycles. The lowest BCUT2D eigenvalue weighted by Crippen LogP contribution is -2.20. The first kappa shape index (κ1) is 21.1. The highest BCUT2D eigenvalue weighted by Gasteiger charge is 2.12. The van der Waals surface area contributed by atoms with Gasteiger partial charge >= 0.3 is 6.03 Å². The molecule has 0 unspecified atom stereocenters. The molecule has 0 aliphatic heterocycles. The molecule has 0 atom stereocenters. The Hall–Kier alpha value is -2.17. The Morgan fingerprint density at radius 1 is 1.30 bits per heavy atom. The van der Waals surface area contributed by atoms with E-state index in [4.69, 9.17) is 4.74 Å². The Labute approximate surface area is 163 Å². The summed E-state index contributed by atoms with van der Waals surface area (Å²) in [5.74, 6) is 0.970. The normalized spacial score (nSPS) is 11.4. The number of benzene rings is 1. The van der Waals surface area contributed by atoms with E-state index in [1.807, 2.05) is 32.9 Å². The van der Waals surface area contributed by atoms with Gasteiger partial charge in [-0.15, -0.1) is 11.3 Å². The molecule has 1 aromatic carbocycles. The van der Waals surface area contributed by atoms with E-state index in [1.54, 1.807) is 6.07 Å². The number of carbonyl (C=O) groups excluding carboxylic acids is 1. The Balaban J connectivity index is 1.98. The summed E-state index contributed by atoms with van der Waals surface area (Å²) in [6, 6.07) is 5.09. The summed E-state index contributed by atoms with van der Waals surface area (Å²) in [5.41, 5.74) is 1.59. The molecule has 8 nitrogen and oxygen atoms in total. The average Bonchev–Trinajstić information content (AvgIpc) is 3.00. The highest BCUT2D eigenvalue weighted by atomic mass is 32.2. The maximum Gasteiger partial charge on any atom is 0.325 e.